The van der Waals surface area contributed by atoms with Crippen molar-refractivity contribution in [2.24, 2.45) is 0 Å². The SMILES string of the molecule is CCC(=Cc1oc2ccc3ccccc3c2[n+]1CCC(C)S(=O)(=O)[O-])C=C1Oc2cc3ccccc3cc2N1CCC(C)S(=O)(=O)[O-]. The molecule has 1 aliphatic heterocycles. The minimum absolute atomic E-state index is 0.0955. The third kappa shape index (κ3) is 6.77. The molecule has 246 valence electrons. The van der Waals surface area contributed by atoms with Crippen molar-refractivity contribution < 1.29 is 39.7 Å². The fourth-order valence-electron chi connectivity index (χ4n) is 5.80. The van der Waals surface area contributed by atoms with Crippen LogP contribution in [-0.4, -0.2) is 43.0 Å². The first-order valence-corrected chi connectivity index (χ1v) is 18.4. The van der Waals surface area contributed by atoms with Crippen molar-refractivity contribution in [3.8, 4) is 5.75 Å². The lowest BCUT2D eigenvalue weighted by Gasteiger charge is -2.22. The van der Waals surface area contributed by atoms with Gasteiger partial charge in [0, 0.05) is 24.3 Å². The Kier molecular flexibility index (Phi) is 8.88. The van der Waals surface area contributed by atoms with Gasteiger partial charge in [0.2, 0.25) is 11.5 Å². The number of rotatable bonds is 11. The van der Waals surface area contributed by atoms with Crippen molar-refractivity contribution in [2.45, 2.75) is 57.1 Å². The summed E-state index contributed by atoms with van der Waals surface area (Å²) in [6.07, 6.45) is 4.48. The van der Waals surface area contributed by atoms with Gasteiger partial charge in [-0.3, -0.25) is 0 Å². The van der Waals surface area contributed by atoms with Crippen LogP contribution >= 0.6 is 0 Å². The van der Waals surface area contributed by atoms with E-state index in [4.69, 9.17) is 9.15 Å². The van der Waals surface area contributed by atoms with E-state index in [1.807, 2.05) is 101 Å². The Morgan fingerprint density at radius 3 is 2.19 bits per heavy atom. The van der Waals surface area contributed by atoms with E-state index in [-0.39, 0.29) is 25.9 Å². The van der Waals surface area contributed by atoms with Gasteiger partial charge in [0.05, 0.1) is 42.6 Å². The molecule has 4 aromatic carbocycles. The van der Waals surface area contributed by atoms with Gasteiger partial charge >= 0.3 is 5.89 Å². The van der Waals surface area contributed by atoms with Crippen LogP contribution in [0.4, 0.5) is 5.69 Å². The maximum Gasteiger partial charge on any atom is 0.374 e. The van der Waals surface area contributed by atoms with Crippen molar-refractivity contribution in [1.29, 1.82) is 0 Å². The molecule has 0 saturated carbocycles. The summed E-state index contributed by atoms with van der Waals surface area (Å²) in [5, 5.41) is 1.72. The smallest absolute Gasteiger partial charge is 0.374 e. The summed E-state index contributed by atoms with van der Waals surface area (Å²) in [6, 6.07) is 23.4. The van der Waals surface area contributed by atoms with Crippen LogP contribution in [0.25, 0.3) is 38.7 Å². The molecule has 12 heteroatoms. The highest BCUT2D eigenvalue weighted by Crippen LogP contribution is 2.42. The van der Waals surface area contributed by atoms with E-state index in [1.165, 1.54) is 13.8 Å². The zero-order chi connectivity index (χ0) is 33.5. The Morgan fingerprint density at radius 2 is 1.51 bits per heavy atom. The van der Waals surface area contributed by atoms with Gasteiger partial charge in [0.25, 0.3) is 5.52 Å². The van der Waals surface area contributed by atoms with Gasteiger partial charge < -0.3 is 23.2 Å². The molecule has 5 aromatic rings. The average molecular weight is 676 g/mol. The molecule has 1 aromatic heterocycles. The molecule has 2 atom stereocenters. The van der Waals surface area contributed by atoms with Gasteiger partial charge in [0.15, 0.2) is 12.3 Å². The minimum Gasteiger partial charge on any atom is -0.748 e. The minimum atomic E-state index is -4.47. The Balaban J connectivity index is 1.44. The van der Waals surface area contributed by atoms with Crippen LogP contribution in [0.1, 0.15) is 45.9 Å². The van der Waals surface area contributed by atoms with Crippen LogP contribution in [-0.2, 0) is 26.8 Å². The van der Waals surface area contributed by atoms with Crippen molar-refractivity contribution in [2.75, 3.05) is 11.4 Å². The summed E-state index contributed by atoms with van der Waals surface area (Å²) in [4.78, 5) is 1.88. The predicted octanol–water partition coefficient (Wildman–Crippen LogP) is 6.21. The van der Waals surface area contributed by atoms with Crippen LogP contribution in [0.3, 0.4) is 0 Å². The van der Waals surface area contributed by atoms with E-state index in [0.717, 1.165) is 38.3 Å². The lowest BCUT2D eigenvalue weighted by Crippen LogP contribution is -2.38. The number of fused-ring (bicyclic) bond motifs is 5. The molecule has 0 saturated heterocycles. The molecule has 6 rings (SSSR count). The zero-order valence-corrected chi connectivity index (χ0v) is 27.9. The highest BCUT2D eigenvalue weighted by molar-refractivity contribution is 7.86. The lowest BCUT2D eigenvalue weighted by atomic mass is 10.1. The summed E-state index contributed by atoms with van der Waals surface area (Å²) in [5.41, 5.74) is 2.98. The fourth-order valence-corrected chi connectivity index (χ4v) is 6.59. The van der Waals surface area contributed by atoms with Gasteiger partial charge in [0.1, 0.15) is 0 Å². The average Bonchev–Trinajstić information content (AvgIpc) is 3.56. The van der Waals surface area contributed by atoms with Gasteiger partial charge in [-0.25, -0.2) is 16.8 Å². The lowest BCUT2D eigenvalue weighted by molar-refractivity contribution is -0.677. The Morgan fingerprint density at radius 1 is 0.872 bits per heavy atom. The number of anilines is 1. The van der Waals surface area contributed by atoms with Crippen molar-refractivity contribution in [1.82, 2.24) is 0 Å². The van der Waals surface area contributed by atoms with E-state index in [0.29, 0.717) is 29.5 Å². The number of hydrogen-bond donors (Lipinski definition) is 0. The molecular weight excluding hydrogens is 641 g/mol. The van der Waals surface area contributed by atoms with Crippen LogP contribution < -0.4 is 14.2 Å². The van der Waals surface area contributed by atoms with E-state index in [9.17, 15) is 25.9 Å². The van der Waals surface area contributed by atoms with Gasteiger partial charge in [-0.05, 0) is 72.7 Å². The number of nitrogens with zero attached hydrogens (tertiary/aromatic N) is 2. The number of oxazole rings is 1. The maximum absolute atomic E-state index is 11.7. The highest BCUT2D eigenvalue weighted by atomic mass is 32.2. The summed E-state index contributed by atoms with van der Waals surface area (Å²) in [5.74, 6) is 1.55. The Labute approximate surface area is 274 Å². The second-order valence-corrected chi connectivity index (χ2v) is 15.5. The first-order chi connectivity index (χ1) is 22.3. The molecule has 0 N–H and O–H groups in total. The predicted molar refractivity (Wildman–Crippen MR) is 180 cm³/mol. The standard InChI is InChI=1S/C35H36N2O8S2/c1-4-25(19-33-36(17-15-23(2)46(38,39)40)30-21-27-10-5-6-11-28(27)22-32(30)45-33)20-34-37(18-16-24(3)47(41,42)43)35-29-12-8-7-9-26(29)13-14-31(35)44-34/h5-14,19-24H,4,15-18H2,1-3H3,(H-,38,39,40,41,42,43)/p-1. The summed E-state index contributed by atoms with van der Waals surface area (Å²) in [6.45, 7) is 5.25. The van der Waals surface area contributed by atoms with Gasteiger partial charge in [-0.15, -0.1) is 0 Å². The van der Waals surface area contributed by atoms with Crippen molar-refractivity contribution in [3.05, 3.63) is 96.2 Å². The second-order valence-electron chi connectivity index (χ2n) is 11.9. The number of aryl methyl sites for hydroxylation is 1. The largest absolute Gasteiger partial charge is 0.748 e. The first kappa shape index (κ1) is 32.7. The fraction of sp³-hybridized carbons (Fsp3) is 0.286. The van der Waals surface area contributed by atoms with Gasteiger partial charge in [-0.1, -0.05) is 55.5 Å². The number of aromatic nitrogens is 1. The molecule has 0 spiro atoms. The molecule has 1 aliphatic rings. The molecule has 0 fully saturated rings. The monoisotopic (exact) mass is 675 g/mol. The summed E-state index contributed by atoms with van der Waals surface area (Å²) >= 11 is 0. The number of benzene rings is 4. The van der Waals surface area contributed by atoms with Crippen LogP contribution in [0, 0.1) is 0 Å². The molecule has 0 amide bonds. The molecule has 2 heterocycles. The third-order valence-electron chi connectivity index (χ3n) is 8.74. The number of allylic oxidation sites excluding steroid dienone is 2. The van der Waals surface area contributed by atoms with Crippen LogP contribution in [0.5, 0.6) is 5.75 Å². The summed E-state index contributed by atoms with van der Waals surface area (Å²) < 4.78 is 85.0. The van der Waals surface area contributed by atoms with Crippen LogP contribution in [0.15, 0.2) is 94.7 Å². The maximum atomic E-state index is 11.7. The van der Waals surface area contributed by atoms with Crippen molar-refractivity contribution >= 4 is 64.6 Å². The third-order valence-corrected chi connectivity index (χ3v) is 11.2. The first-order valence-electron chi connectivity index (χ1n) is 15.5. The second kappa shape index (κ2) is 12.8. The molecule has 0 radical (unpaired) electrons. The summed E-state index contributed by atoms with van der Waals surface area (Å²) in [7, 11) is -8.94. The highest BCUT2D eigenvalue weighted by Gasteiger charge is 2.29. The zero-order valence-electron chi connectivity index (χ0n) is 26.3. The Bertz CT molecular complexity index is 2270. The van der Waals surface area contributed by atoms with E-state index in [1.54, 1.807) is 0 Å². The normalized spacial score (nSPS) is 16.2. The van der Waals surface area contributed by atoms with E-state index < -0.39 is 30.7 Å². The van der Waals surface area contributed by atoms with E-state index >= 15 is 0 Å². The molecule has 10 nitrogen and oxygen atoms in total. The number of ether oxygens (including phenoxy) is 1. The van der Waals surface area contributed by atoms with Crippen LogP contribution in [0.2, 0.25) is 0 Å². The molecule has 0 bridgehead atoms. The molecular formula is C35H35N2O8S2-. The topological polar surface area (TPSA) is 144 Å². The quantitative estimate of drug-likeness (QED) is 0.118. The molecule has 0 aliphatic carbocycles. The van der Waals surface area contributed by atoms with E-state index in [2.05, 4.69) is 0 Å². The number of hydrogen-bond acceptors (Lipinski definition) is 9. The Hall–Kier alpha value is -4.23. The van der Waals surface area contributed by atoms with Crippen molar-refractivity contribution in [3.63, 3.8) is 0 Å². The van der Waals surface area contributed by atoms with Gasteiger partial charge in [-0.2, -0.15) is 4.57 Å². The molecule has 47 heavy (non-hydrogen) atoms. The molecule has 2 unspecified atom stereocenters.